The molecule has 0 fully saturated rings. The Bertz CT molecular complexity index is 507. The second kappa shape index (κ2) is 6.55. The summed E-state index contributed by atoms with van der Waals surface area (Å²) in [5.41, 5.74) is 1.43. The van der Waals surface area contributed by atoms with Crippen LogP contribution in [0, 0.1) is 0 Å². The van der Waals surface area contributed by atoms with Gasteiger partial charge in [-0.3, -0.25) is 0 Å². The molecule has 0 unspecified atom stereocenters. The molecule has 124 valence electrons. The monoisotopic (exact) mass is 322 g/mol. The van der Waals surface area contributed by atoms with Crippen molar-refractivity contribution in [1.29, 1.82) is 0 Å². The fraction of sp³-hybridized carbons (Fsp3) is 0.611. The topological polar surface area (TPSA) is 26.3 Å². The van der Waals surface area contributed by atoms with E-state index in [1.54, 1.807) is 0 Å². The van der Waals surface area contributed by atoms with Crippen molar-refractivity contribution in [3.63, 3.8) is 0 Å². The Morgan fingerprint density at radius 2 is 1.59 bits per heavy atom. The number of esters is 1. The van der Waals surface area contributed by atoms with Gasteiger partial charge < -0.3 is 9.22 Å². The maximum absolute atomic E-state index is 12.0. The van der Waals surface area contributed by atoms with Crippen LogP contribution in [-0.2, 0) is 11.3 Å². The lowest BCUT2D eigenvalue weighted by atomic mass is 10.1. The lowest BCUT2D eigenvalue weighted by Crippen LogP contribution is -2.49. The van der Waals surface area contributed by atoms with E-state index in [2.05, 4.69) is 33.7 Å². The predicted molar refractivity (Wildman–Crippen MR) is 95.6 cm³/mol. The zero-order valence-corrected chi connectivity index (χ0v) is 16.5. The molecule has 0 heterocycles. The highest BCUT2D eigenvalue weighted by Crippen LogP contribution is 2.17. The summed E-state index contributed by atoms with van der Waals surface area (Å²) in [6.45, 7) is 13.8. The first kappa shape index (κ1) is 18.9. The number of hydrogen-bond acceptors (Lipinski definition) is 2. The highest BCUT2D eigenvalue weighted by Gasteiger charge is 2.26. The van der Waals surface area contributed by atoms with Gasteiger partial charge in [-0.15, -0.1) is 0 Å². The van der Waals surface area contributed by atoms with Crippen molar-refractivity contribution in [3.8, 4) is 0 Å². The molecule has 0 atom stereocenters. The molecule has 3 nitrogen and oxygen atoms in total. The summed E-state index contributed by atoms with van der Waals surface area (Å²) in [5.74, 6) is -0.255. The summed E-state index contributed by atoms with van der Waals surface area (Å²) in [5, 5.41) is 0. The molecular weight excluding hydrogens is 290 g/mol. The summed E-state index contributed by atoms with van der Waals surface area (Å²) >= 11 is 0. The molecule has 0 aromatic heterocycles. The van der Waals surface area contributed by atoms with Crippen LogP contribution in [0.4, 0.5) is 0 Å². The number of benzene rings is 1. The highest BCUT2D eigenvalue weighted by molar-refractivity contribution is 6.75. The van der Waals surface area contributed by atoms with E-state index >= 15 is 0 Å². The highest BCUT2D eigenvalue weighted by atomic mass is 28.3. The van der Waals surface area contributed by atoms with E-state index in [1.807, 2.05) is 45.0 Å². The van der Waals surface area contributed by atoms with Gasteiger partial charge in [-0.1, -0.05) is 31.8 Å². The van der Waals surface area contributed by atoms with Crippen LogP contribution in [0.5, 0.6) is 0 Å². The van der Waals surface area contributed by atoms with E-state index in [-0.39, 0.29) is 5.97 Å². The van der Waals surface area contributed by atoms with Crippen LogP contribution in [0.3, 0.4) is 0 Å². The molecular formula is C18H32NO2Si+. The van der Waals surface area contributed by atoms with Crippen LogP contribution in [0.1, 0.15) is 36.7 Å². The number of quaternary nitrogens is 1. The summed E-state index contributed by atoms with van der Waals surface area (Å²) in [6, 6.07) is 7.84. The Morgan fingerprint density at radius 3 is 2.00 bits per heavy atom. The van der Waals surface area contributed by atoms with Crippen molar-refractivity contribution in [1.82, 2.24) is 0 Å². The van der Waals surface area contributed by atoms with E-state index < -0.39 is 13.7 Å². The molecule has 1 rings (SSSR count). The van der Waals surface area contributed by atoms with Crippen LogP contribution in [0.15, 0.2) is 24.3 Å². The fourth-order valence-corrected chi connectivity index (χ4v) is 5.60. The average molecular weight is 323 g/mol. The van der Waals surface area contributed by atoms with Crippen molar-refractivity contribution in [2.75, 3.05) is 20.3 Å². The molecule has 0 radical (unpaired) electrons. The van der Waals surface area contributed by atoms with Gasteiger partial charge in [0.1, 0.15) is 20.2 Å². The van der Waals surface area contributed by atoms with Gasteiger partial charge >= 0.3 is 5.97 Å². The normalized spacial score (nSPS) is 13.1. The summed E-state index contributed by atoms with van der Waals surface area (Å²) < 4.78 is 6.38. The van der Waals surface area contributed by atoms with Gasteiger partial charge in [-0.05, 0) is 32.9 Å². The van der Waals surface area contributed by atoms with Crippen LogP contribution in [-0.4, -0.2) is 44.4 Å². The molecule has 0 spiro atoms. The molecule has 4 heteroatoms. The largest absolute Gasteiger partial charge is 0.456 e. The first-order chi connectivity index (χ1) is 9.77. The van der Waals surface area contributed by atoms with Crippen molar-refractivity contribution in [2.45, 2.75) is 52.6 Å². The van der Waals surface area contributed by atoms with Gasteiger partial charge in [0.25, 0.3) is 0 Å². The zero-order valence-electron chi connectivity index (χ0n) is 15.5. The van der Waals surface area contributed by atoms with Crippen molar-refractivity contribution < 1.29 is 14.0 Å². The predicted octanol–water partition coefficient (Wildman–Crippen LogP) is 4.10. The van der Waals surface area contributed by atoms with E-state index in [1.165, 1.54) is 11.7 Å². The molecule has 0 saturated carbocycles. The van der Waals surface area contributed by atoms with E-state index in [0.29, 0.717) is 5.56 Å². The van der Waals surface area contributed by atoms with Crippen LogP contribution >= 0.6 is 0 Å². The van der Waals surface area contributed by atoms with Gasteiger partial charge in [0, 0.05) is 5.56 Å². The molecule has 0 saturated heterocycles. The van der Waals surface area contributed by atoms with Crippen LogP contribution < -0.4 is 0 Å². The third-order valence-electron chi connectivity index (χ3n) is 3.10. The smallest absolute Gasteiger partial charge is 0.338 e. The average Bonchev–Trinajstić information content (AvgIpc) is 2.23. The van der Waals surface area contributed by atoms with E-state index in [4.69, 9.17) is 4.74 Å². The van der Waals surface area contributed by atoms with E-state index in [9.17, 15) is 4.79 Å². The van der Waals surface area contributed by atoms with Crippen molar-refractivity contribution in [3.05, 3.63) is 35.4 Å². The molecule has 1 aromatic rings. The summed E-state index contributed by atoms with van der Waals surface area (Å²) in [4.78, 5) is 12.0. The Hall–Kier alpha value is -1.13. The number of carbonyl (C=O) groups excluding carboxylic acids is 1. The Kier molecular flexibility index (Phi) is 5.63. The molecule has 0 bridgehead atoms. The summed E-state index contributed by atoms with van der Waals surface area (Å²) in [7, 11) is 3.45. The maximum Gasteiger partial charge on any atom is 0.338 e. The minimum Gasteiger partial charge on any atom is -0.456 e. The molecule has 1 aromatic carbocycles. The van der Waals surface area contributed by atoms with Gasteiger partial charge in [0.15, 0.2) is 0 Å². The van der Waals surface area contributed by atoms with Gasteiger partial charge in [0.2, 0.25) is 0 Å². The number of nitrogens with zero attached hydrogens (tertiary/aromatic N) is 1. The Balaban J connectivity index is 2.75. The zero-order chi connectivity index (χ0) is 17.2. The molecule has 0 aliphatic carbocycles. The number of hydrogen-bond donors (Lipinski definition) is 0. The molecule has 0 aliphatic rings. The lowest BCUT2D eigenvalue weighted by Gasteiger charge is -2.35. The van der Waals surface area contributed by atoms with Gasteiger partial charge in [0.05, 0.1) is 25.8 Å². The minimum atomic E-state index is -1.10. The van der Waals surface area contributed by atoms with Gasteiger partial charge in [-0.25, -0.2) is 4.79 Å². The molecule has 0 amide bonds. The van der Waals surface area contributed by atoms with Crippen molar-refractivity contribution >= 4 is 14.0 Å². The van der Waals surface area contributed by atoms with Crippen LogP contribution in [0.25, 0.3) is 0 Å². The second-order valence-corrected chi connectivity index (χ2v) is 14.4. The third kappa shape index (κ3) is 7.23. The van der Waals surface area contributed by atoms with Crippen molar-refractivity contribution in [2.24, 2.45) is 0 Å². The maximum atomic E-state index is 12.0. The number of rotatable bonds is 5. The minimum absolute atomic E-state index is 0.255. The summed E-state index contributed by atoms with van der Waals surface area (Å²) in [6.07, 6.45) is 1.24. The Morgan fingerprint density at radius 1 is 1.09 bits per heavy atom. The number of carbonyl (C=O) groups is 1. The first-order valence-corrected chi connectivity index (χ1v) is 11.6. The quantitative estimate of drug-likeness (QED) is 0.463. The molecule has 0 N–H and O–H groups in total. The lowest BCUT2D eigenvalue weighted by molar-refractivity contribution is -0.894. The molecule has 0 aliphatic heterocycles. The first-order valence-electron chi connectivity index (χ1n) is 7.92. The SMILES string of the molecule is CC(C)(C)OC(=O)c1ccc(C[N+](C)(C)C[Si](C)(C)C)cc1. The van der Waals surface area contributed by atoms with E-state index in [0.717, 1.165) is 11.0 Å². The van der Waals surface area contributed by atoms with Crippen LogP contribution in [0.2, 0.25) is 19.6 Å². The standard InChI is InChI=1S/C18H32NO2Si/c1-18(2,3)21-17(20)16-11-9-15(10-12-16)13-19(4,5)14-22(6,7)8/h9-12H,13-14H2,1-8H3/q+1. The van der Waals surface area contributed by atoms with Gasteiger partial charge in [-0.2, -0.15) is 0 Å². The fourth-order valence-electron chi connectivity index (χ4n) is 2.92. The molecule has 22 heavy (non-hydrogen) atoms. The third-order valence-corrected chi connectivity index (χ3v) is 4.91. The number of ether oxygens (including phenoxy) is 1. The Labute approximate surface area is 136 Å². The second-order valence-electron chi connectivity index (χ2n) is 9.01.